The molecule has 0 aliphatic heterocycles. The minimum absolute atomic E-state index is 0.187. The minimum atomic E-state index is -0.637. The predicted octanol–water partition coefficient (Wildman–Crippen LogP) is 0.0630. The van der Waals surface area contributed by atoms with Crippen molar-refractivity contribution >= 4 is 11.8 Å². The molecule has 4 nitrogen and oxygen atoms in total. The van der Waals surface area contributed by atoms with Crippen LogP contribution in [0.25, 0.3) is 0 Å². The largest absolute Gasteiger partial charge is 0.394 e. The van der Waals surface area contributed by atoms with Crippen LogP contribution in [0.5, 0.6) is 0 Å². The van der Waals surface area contributed by atoms with Gasteiger partial charge in [0, 0.05) is 30.1 Å². The second kappa shape index (κ2) is 5.90. The summed E-state index contributed by atoms with van der Waals surface area (Å²) in [6.07, 6.45) is 4.31. The SMILES string of the molecule is OCC(O)CSCc1cnccn1. The van der Waals surface area contributed by atoms with E-state index in [-0.39, 0.29) is 6.61 Å². The van der Waals surface area contributed by atoms with Crippen LogP contribution in [0.4, 0.5) is 0 Å². The predicted molar refractivity (Wildman–Crippen MR) is 51.3 cm³/mol. The van der Waals surface area contributed by atoms with Gasteiger partial charge in [-0.25, -0.2) is 0 Å². The van der Waals surface area contributed by atoms with Gasteiger partial charge in [0.25, 0.3) is 0 Å². The highest BCUT2D eigenvalue weighted by molar-refractivity contribution is 7.98. The van der Waals surface area contributed by atoms with Gasteiger partial charge in [0.2, 0.25) is 0 Å². The highest BCUT2D eigenvalue weighted by Gasteiger charge is 2.02. The van der Waals surface area contributed by atoms with E-state index in [0.29, 0.717) is 11.5 Å². The van der Waals surface area contributed by atoms with Gasteiger partial charge in [-0.05, 0) is 0 Å². The molecule has 0 aliphatic carbocycles. The number of nitrogens with zero attached hydrogens (tertiary/aromatic N) is 2. The molecule has 0 saturated carbocycles. The number of hydrogen-bond acceptors (Lipinski definition) is 5. The van der Waals surface area contributed by atoms with Gasteiger partial charge >= 0.3 is 0 Å². The van der Waals surface area contributed by atoms with Crippen molar-refractivity contribution in [1.82, 2.24) is 9.97 Å². The Balaban J connectivity index is 2.20. The molecular formula is C8H12N2O2S. The van der Waals surface area contributed by atoms with Crippen molar-refractivity contribution in [3.8, 4) is 0 Å². The summed E-state index contributed by atoms with van der Waals surface area (Å²) in [6.45, 7) is -0.187. The van der Waals surface area contributed by atoms with E-state index in [1.165, 1.54) is 11.8 Å². The standard InChI is InChI=1S/C8H12N2O2S/c11-4-8(12)6-13-5-7-3-9-1-2-10-7/h1-3,8,11-12H,4-6H2. The maximum absolute atomic E-state index is 9.03. The third kappa shape index (κ3) is 4.21. The number of aliphatic hydroxyl groups is 2. The monoisotopic (exact) mass is 200 g/mol. The lowest BCUT2D eigenvalue weighted by molar-refractivity contribution is 0.113. The summed E-state index contributed by atoms with van der Waals surface area (Å²) >= 11 is 1.53. The van der Waals surface area contributed by atoms with Crippen LogP contribution >= 0.6 is 11.8 Å². The van der Waals surface area contributed by atoms with E-state index < -0.39 is 6.10 Å². The summed E-state index contributed by atoms with van der Waals surface area (Å²) in [5.41, 5.74) is 0.887. The number of thioether (sulfide) groups is 1. The molecule has 0 radical (unpaired) electrons. The Morgan fingerprint density at radius 1 is 1.46 bits per heavy atom. The number of aromatic nitrogens is 2. The number of rotatable bonds is 5. The first-order valence-electron chi connectivity index (χ1n) is 3.94. The van der Waals surface area contributed by atoms with Crippen molar-refractivity contribution in [2.75, 3.05) is 12.4 Å². The first-order valence-corrected chi connectivity index (χ1v) is 5.10. The number of aliphatic hydroxyl groups excluding tert-OH is 2. The topological polar surface area (TPSA) is 66.2 Å². The van der Waals surface area contributed by atoms with Crippen LogP contribution in [-0.4, -0.2) is 38.6 Å². The Morgan fingerprint density at radius 2 is 2.31 bits per heavy atom. The molecule has 1 atom stereocenters. The smallest absolute Gasteiger partial charge is 0.0861 e. The molecule has 0 bridgehead atoms. The zero-order valence-corrected chi connectivity index (χ0v) is 7.94. The molecule has 0 saturated heterocycles. The fourth-order valence-corrected chi connectivity index (χ4v) is 1.61. The van der Waals surface area contributed by atoms with E-state index in [0.717, 1.165) is 5.69 Å². The Bertz CT molecular complexity index is 233. The van der Waals surface area contributed by atoms with Gasteiger partial charge in [-0.1, -0.05) is 0 Å². The van der Waals surface area contributed by atoms with Crippen LogP contribution in [0.1, 0.15) is 5.69 Å². The van der Waals surface area contributed by atoms with Gasteiger partial charge in [0.15, 0.2) is 0 Å². The van der Waals surface area contributed by atoms with Crippen molar-refractivity contribution < 1.29 is 10.2 Å². The summed E-state index contributed by atoms with van der Waals surface area (Å²) in [4.78, 5) is 7.99. The minimum Gasteiger partial charge on any atom is -0.394 e. The van der Waals surface area contributed by atoms with E-state index in [4.69, 9.17) is 10.2 Å². The summed E-state index contributed by atoms with van der Waals surface area (Å²) in [5.74, 6) is 1.23. The first-order chi connectivity index (χ1) is 6.33. The van der Waals surface area contributed by atoms with Gasteiger partial charge in [-0.3, -0.25) is 9.97 Å². The summed E-state index contributed by atoms with van der Waals surface area (Å²) in [7, 11) is 0. The molecule has 0 fully saturated rings. The lowest BCUT2D eigenvalue weighted by Crippen LogP contribution is -2.14. The molecule has 5 heteroatoms. The van der Waals surface area contributed by atoms with Crippen LogP contribution in [-0.2, 0) is 5.75 Å². The van der Waals surface area contributed by atoms with E-state index in [1.807, 2.05) is 0 Å². The Hall–Kier alpha value is -0.650. The lowest BCUT2D eigenvalue weighted by Gasteiger charge is -2.05. The van der Waals surface area contributed by atoms with Crippen LogP contribution in [0.15, 0.2) is 18.6 Å². The molecule has 1 aromatic rings. The van der Waals surface area contributed by atoms with Gasteiger partial charge in [-0.15, -0.1) is 0 Å². The van der Waals surface area contributed by atoms with Crippen molar-refractivity contribution in [3.05, 3.63) is 24.3 Å². The Labute approximate surface area is 81.0 Å². The Morgan fingerprint density at radius 3 is 2.92 bits per heavy atom. The molecule has 1 unspecified atom stereocenters. The fraction of sp³-hybridized carbons (Fsp3) is 0.500. The van der Waals surface area contributed by atoms with Gasteiger partial charge in [0.1, 0.15) is 0 Å². The average molecular weight is 200 g/mol. The Kier molecular flexibility index (Phi) is 4.74. The molecule has 0 aromatic carbocycles. The van der Waals surface area contributed by atoms with Crippen molar-refractivity contribution in [2.45, 2.75) is 11.9 Å². The molecule has 2 N–H and O–H groups in total. The average Bonchev–Trinajstić information content (AvgIpc) is 2.19. The molecule has 1 rings (SSSR count). The third-order valence-corrected chi connectivity index (χ3v) is 2.51. The maximum atomic E-state index is 9.03. The zero-order valence-electron chi connectivity index (χ0n) is 7.13. The van der Waals surface area contributed by atoms with E-state index in [1.54, 1.807) is 18.6 Å². The summed E-state index contributed by atoms with van der Waals surface area (Å²) in [5, 5.41) is 17.6. The quantitative estimate of drug-likeness (QED) is 0.703. The van der Waals surface area contributed by atoms with Crippen molar-refractivity contribution in [2.24, 2.45) is 0 Å². The lowest BCUT2D eigenvalue weighted by atomic mass is 10.4. The second-order valence-corrected chi connectivity index (χ2v) is 3.58. The summed E-state index contributed by atoms with van der Waals surface area (Å²) in [6, 6.07) is 0. The van der Waals surface area contributed by atoms with Crippen LogP contribution < -0.4 is 0 Å². The fourth-order valence-electron chi connectivity index (χ4n) is 0.757. The molecule has 0 aliphatic rings. The van der Waals surface area contributed by atoms with Gasteiger partial charge in [0.05, 0.1) is 18.4 Å². The van der Waals surface area contributed by atoms with Crippen molar-refractivity contribution in [3.63, 3.8) is 0 Å². The van der Waals surface area contributed by atoms with Crippen LogP contribution in [0.3, 0.4) is 0 Å². The molecule has 1 heterocycles. The molecule has 0 spiro atoms. The van der Waals surface area contributed by atoms with Crippen LogP contribution in [0.2, 0.25) is 0 Å². The third-order valence-electron chi connectivity index (χ3n) is 1.39. The normalized spacial score (nSPS) is 12.8. The van der Waals surface area contributed by atoms with E-state index in [9.17, 15) is 0 Å². The van der Waals surface area contributed by atoms with E-state index in [2.05, 4.69) is 9.97 Å². The molecule has 13 heavy (non-hydrogen) atoms. The van der Waals surface area contributed by atoms with Gasteiger partial charge < -0.3 is 10.2 Å². The van der Waals surface area contributed by atoms with Crippen LogP contribution in [0, 0.1) is 0 Å². The zero-order chi connectivity index (χ0) is 9.52. The second-order valence-electron chi connectivity index (χ2n) is 2.55. The first kappa shape index (κ1) is 10.4. The van der Waals surface area contributed by atoms with E-state index >= 15 is 0 Å². The van der Waals surface area contributed by atoms with Gasteiger partial charge in [-0.2, -0.15) is 11.8 Å². The molecule has 0 amide bonds. The highest BCUT2D eigenvalue weighted by Crippen LogP contribution is 2.09. The maximum Gasteiger partial charge on any atom is 0.0861 e. The van der Waals surface area contributed by atoms with Crippen molar-refractivity contribution in [1.29, 1.82) is 0 Å². The molecule has 72 valence electrons. The number of hydrogen-bond donors (Lipinski definition) is 2. The molecule has 1 aromatic heterocycles. The summed E-state index contributed by atoms with van der Waals surface area (Å²) < 4.78 is 0. The molecular weight excluding hydrogens is 188 g/mol. The highest BCUT2D eigenvalue weighted by atomic mass is 32.2.